The Hall–Kier alpha value is -1.26. The Balaban J connectivity index is 1.81. The largest absolute Gasteiger partial charge is 0.310 e. The number of halogens is 2. The van der Waals surface area contributed by atoms with Crippen LogP contribution in [0, 0.1) is 0 Å². The van der Waals surface area contributed by atoms with Crippen LogP contribution in [0.3, 0.4) is 0 Å². The van der Waals surface area contributed by atoms with Gasteiger partial charge in [0.2, 0.25) is 0 Å². The molecule has 4 heteroatoms. The summed E-state index contributed by atoms with van der Waals surface area (Å²) < 4.78 is 24.8. The van der Waals surface area contributed by atoms with Crippen LogP contribution < -0.4 is 5.32 Å². The van der Waals surface area contributed by atoms with Crippen molar-refractivity contribution < 1.29 is 8.78 Å². The van der Waals surface area contributed by atoms with Crippen molar-refractivity contribution in [3.63, 3.8) is 0 Å². The molecule has 102 valence electrons. The molecule has 0 amide bonds. The van der Waals surface area contributed by atoms with Gasteiger partial charge in [-0.1, -0.05) is 30.3 Å². The number of hydrogen-bond donors (Lipinski definition) is 1. The summed E-state index contributed by atoms with van der Waals surface area (Å²) in [7, 11) is 0. The minimum Gasteiger partial charge on any atom is -0.310 e. The van der Waals surface area contributed by atoms with E-state index in [1.807, 2.05) is 0 Å². The lowest BCUT2D eigenvalue weighted by molar-refractivity contribution is 0.151. The zero-order valence-electron chi connectivity index (χ0n) is 10.8. The lowest BCUT2D eigenvalue weighted by Crippen LogP contribution is -2.27. The molecule has 2 aromatic rings. The fraction of sp³-hybridized carbons (Fsp3) is 0.333. The fourth-order valence-electron chi connectivity index (χ4n) is 1.88. The van der Waals surface area contributed by atoms with Crippen molar-refractivity contribution in [2.45, 2.75) is 32.4 Å². The maximum atomic E-state index is 12.4. The quantitative estimate of drug-likeness (QED) is 0.827. The Morgan fingerprint density at radius 3 is 2.47 bits per heavy atom. The van der Waals surface area contributed by atoms with Crippen LogP contribution in [-0.2, 0) is 13.0 Å². The molecular formula is C15H17F2NS. The summed E-state index contributed by atoms with van der Waals surface area (Å²) >= 11 is 1.75. The molecule has 1 atom stereocenters. The number of nitrogens with one attached hydrogen (secondary N) is 1. The van der Waals surface area contributed by atoms with Gasteiger partial charge in [0.1, 0.15) is 0 Å². The minimum atomic E-state index is -2.39. The van der Waals surface area contributed by atoms with Gasteiger partial charge < -0.3 is 5.32 Å². The third-order valence-corrected chi connectivity index (χ3v) is 3.87. The average molecular weight is 281 g/mol. The minimum absolute atomic E-state index is 0.0791. The standard InChI is InChI=1S/C15H17F2NS/c1-11(9-14-3-2-8-19-14)18-10-12-4-6-13(7-5-12)15(16)17/h2-8,11,15,18H,9-10H2,1H3. The van der Waals surface area contributed by atoms with E-state index in [0.717, 1.165) is 12.0 Å². The second-order valence-corrected chi connectivity index (χ2v) is 5.64. The predicted molar refractivity (Wildman–Crippen MR) is 75.7 cm³/mol. The number of thiophene rings is 1. The van der Waals surface area contributed by atoms with Gasteiger partial charge in [-0.05, 0) is 30.4 Å². The molecule has 0 radical (unpaired) electrons. The lowest BCUT2D eigenvalue weighted by atomic mass is 10.1. The highest BCUT2D eigenvalue weighted by Crippen LogP contribution is 2.18. The van der Waals surface area contributed by atoms with E-state index in [1.54, 1.807) is 23.5 Å². The van der Waals surface area contributed by atoms with E-state index in [-0.39, 0.29) is 5.56 Å². The summed E-state index contributed by atoms with van der Waals surface area (Å²) in [5, 5.41) is 5.48. The second-order valence-electron chi connectivity index (χ2n) is 4.61. The molecule has 0 aliphatic rings. The van der Waals surface area contributed by atoms with Crippen molar-refractivity contribution in [1.29, 1.82) is 0 Å². The van der Waals surface area contributed by atoms with Gasteiger partial charge in [0.05, 0.1) is 0 Å². The Bertz CT molecular complexity index is 479. The topological polar surface area (TPSA) is 12.0 Å². The van der Waals surface area contributed by atoms with E-state index in [1.165, 1.54) is 17.0 Å². The summed E-state index contributed by atoms with van der Waals surface area (Å²) in [6.07, 6.45) is -1.40. The van der Waals surface area contributed by atoms with Crippen LogP contribution >= 0.6 is 11.3 Å². The van der Waals surface area contributed by atoms with Crippen molar-refractivity contribution in [3.05, 3.63) is 57.8 Å². The number of benzene rings is 1. The highest BCUT2D eigenvalue weighted by molar-refractivity contribution is 7.09. The zero-order valence-corrected chi connectivity index (χ0v) is 11.6. The smallest absolute Gasteiger partial charge is 0.263 e. The summed E-state index contributed by atoms with van der Waals surface area (Å²) in [6.45, 7) is 2.84. The molecule has 19 heavy (non-hydrogen) atoms. The molecule has 0 bridgehead atoms. The van der Waals surface area contributed by atoms with Crippen LogP contribution in [0.25, 0.3) is 0 Å². The Morgan fingerprint density at radius 2 is 1.89 bits per heavy atom. The molecular weight excluding hydrogens is 264 g/mol. The van der Waals surface area contributed by atoms with Gasteiger partial charge in [-0.3, -0.25) is 0 Å². The van der Waals surface area contributed by atoms with Gasteiger partial charge in [0.15, 0.2) is 0 Å². The first-order chi connectivity index (χ1) is 9.15. The summed E-state index contributed by atoms with van der Waals surface area (Å²) in [6, 6.07) is 11.0. The number of alkyl halides is 2. The van der Waals surface area contributed by atoms with E-state index >= 15 is 0 Å². The highest BCUT2D eigenvalue weighted by atomic mass is 32.1. The zero-order chi connectivity index (χ0) is 13.7. The van der Waals surface area contributed by atoms with Crippen LogP contribution in [0.2, 0.25) is 0 Å². The van der Waals surface area contributed by atoms with Gasteiger partial charge in [0.25, 0.3) is 6.43 Å². The Kier molecular flexibility index (Phi) is 5.05. The number of hydrogen-bond acceptors (Lipinski definition) is 2. The molecule has 0 saturated carbocycles. The monoisotopic (exact) mass is 281 g/mol. The van der Waals surface area contributed by atoms with Gasteiger partial charge in [-0.2, -0.15) is 0 Å². The Morgan fingerprint density at radius 1 is 1.16 bits per heavy atom. The summed E-state index contributed by atoms with van der Waals surface area (Å²) in [5.74, 6) is 0. The van der Waals surface area contributed by atoms with E-state index in [0.29, 0.717) is 12.6 Å². The van der Waals surface area contributed by atoms with E-state index in [4.69, 9.17) is 0 Å². The average Bonchev–Trinajstić information content (AvgIpc) is 2.89. The van der Waals surface area contributed by atoms with E-state index < -0.39 is 6.43 Å². The first-order valence-corrected chi connectivity index (χ1v) is 7.16. The molecule has 1 heterocycles. The van der Waals surface area contributed by atoms with E-state index in [9.17, 15) is 8.78 Å². The van der Waals surface area contributed by atoms with Crippen LogP contribution in [-0.4, -0.2) is 6.04 Å². The second kappa shape index (κ2) is 6.78. The lowest BCUT2D eigenvalue weighted by Gasteiger charge is -2.13. The van der Waals surface area contributed by atoms with Gasteiger partial charge in [-0.15, -0.1) is 11.3 Å². The van der Waals surface area contributed by atoms with Crippen LogP contribution in [0.4, 0.5) is 8.78 Å². The number of rotatable bonds is 6. The normalized spacial score (nSPS) is 12.8. The summed E-state index contributed by atoms with van der Waals surface area (Å²) in [4.78, 5) is 1.35. The van der Waals surface area contributed by atoms with Crippen LogP contribution in [0.1, 0.15) is 29.4 Å². The molecule has 0 aliphatic heterocycles. The molecule has 1 N–H and O–H groups in total. The third kappa shape index (κ3) is 4.40. The van der Waals surface area contributed by atoms with Gasteiger partial charge >= 0.3 is 0 Å². The molecule has 0 spiro atoms. The molecule has 1 aromatic carbocycles. The molecule has 2 rings (SSSR count). The van der Waals surface area contributed by atoms with Crippen LogP contribution in [0.15, 0.2) is 41.8 Å². The van der Waals surface area contributed by atoms with Crippen LogP contribution in [0.5, 0.6) is 0 Å². The first-order valence-electron chi connectivity index (χ1n) is 6.28. The first kappa shape index (κ1) is 14.2. The maximum Gasteiger partial charge on any atom is 0.263 e. The molecule has 0 aliphatic carbocycles. The van der Waals surface area contributed by atoms with Gasteiger partial charge in [-0.25, -0.2) is 8.78 Å². The van der Waals surface area contributed by atoms with E-state index in [2.05, 4.69) is 29.8 Å². The Labute approximate surface area is 116 Å². The summed E-state index contributed by atoms with van der Waals surface area (Å²) in [5.41, 5.74) is 1.11. The van der Waals surface area contributed by atoms with Gasteiger partial charge in [0, 0.05) is 23.0 Å². The highest BCUT2D eigenvalue weighted by Gasteiger charge is 2.07. The van der Waals surface area contributed by atoms with Crippen molar-refractivity contribution in [1.82, 2.24) is 5.32 Å². The molecule has 0 fully saturated rings. The molecule has 1 nitrogen and oxygen atoms in total. The molecule has 0 saturated heterocycles. The maximum absolute atomic E-state index is 12.4. The fourth-order valence-corrected chi connectivity index (χ4v) is 2.71. The van der Waals surface area contributed by atoms with Crippen molar-refractivity contribution >= 4 is 11.3 Å². The molecule has 1 unspecified atom stereocenters. The van der Waals surface area contributed by atoms with Crippen molar-refractivity contribution in [3.8, 4) is 0 Å². The van der Waals surface area contributed by atoms with Crippen molar-refractivity contribution in [2.75, 3.05) is 0 Å². The SMILES string of the molecule is CC(Cc1cccs1)NCc1ccc(C(F)F)cc1. The predicted octanol–water partition coefficient (Wildman–Crippen LogP) is 4.41. The molecule has 1 aromatic heterocycles. The van der Waals surface area contributed by atoms with Crippen molar-refractivity contribution in [2.24, 2.45) is 0 Å². The third-order valence-electron chi connectivity index (χ3n) is 2.97.